The molecule has 0 spiro atoms. The fourth-order valence-electron chi connectivity index (χ4n) is 7.81. The van der Waals surface area contributed by atoms with Crippen molar-refractivity contribution in [1.29, 1.82) is 0 Å². The highest BCUT2D eigenvalue weighted by Gasteiger charge is 2.35. The number of hydrogen-bond acceptors (Lipinski definition) is 6. The maximum atomic E-state index is 11.7. The second-order valence-corrected chi connectivity index (χ2v) is 13.4. The van der Waals surface area contributed by atoms with Gasteiger partial charge in [-0.1, -0.05) is 27.7 Å². The Kier molecular flexibility index (Phi) is 8.19. The average Bonchev–Trinajstić information content (AvgIpc) is 3.75. The molecule has 1 unspecified atom stereocenters. The van der Waals surface area contributed by atoms with Crippen LogP contribution in [0.4, 0.5) is 0 Å². The first-order chi connectivity index (χ1) is 21.9. The number of hydrogen-bond donors (Lipinski definition) is 6. The number of aromatic amines is 2. The van der Waals surface area contributed by atoms with Crippen molar-refractivity contribution in [2.75, 3.05) is 6.61 Å². The van der Waals surface area contributed by atoms with Gasteiger partial charge < -0.3 is 30.4 Å². The predicted molar refractivity (Wildman–Crippen MR) is 182 cm³/mol. The monoisotopic (exact) mass is 624 g/mol. The number of carboxylic acid groups (broad SMARTS) is 1. The van der Waals surface area contributed by atoms with Gasteiger partial charge in [0.15, 0.2) is 0 Å². The van der Waals surface area contributed by atoms with Crippen LogP contribution < -0.4 is 0 Å². The minimum Gasteiger partial charge on any atom is -0.507 e. The second-order valence-electron chi connectivity index (χ2n) is 13.4. The molecule has 8 bridgehead atoms. The summed E-state index contributed by atoms with van der Waals surface area (Å²) in [5, 5.41) is 42.6. The summed E-state index contributed by atoms with van der Waals surface area (Å²) in [5.74, 6) is -0.555. The summed E-state index contributed by atoms with van der Waals surface area (Å²) in [4.78, 5) is 29.2. The summed E-state index contributed by atoms with van der Waals surface area (Å²) in [7, 11) is 0. The SMILES string of the molecule is CCc1c2c3[nH]c1cc1nc(cc4nc(c(C)c5[nH]c(c3C=C2O)[C@@H](CCC(=O)O)[C@@H]5C)C(C)=C4C(C)O)C(CO)=C1CC(C)C. The van der Waals surface area contributed by atoms with Crippen LogP contribution in [0.1, 0.15) is 129 Å². The van der Waals surface area contributed by atoms with Crippen LogP contribution in [-0.4, -0.2) is 59.0 Å². The molecule has 2 aromatic rings. The van der Waals surface area contributed by atoms with Crippen LogP contribution in [-0.2, 0) is 11.2 Å². The van der Waals surface area contributed by atoms with Crippen molar-refractivity contribution in [3.05, 3.63) is 68.6 Å². The van der Waals surface area contributed by atoms with Crippen molar-refractivity contribution < 1.29 is 25.2 Å². The minimum atomic E-state index is -0.851. The van der Waals surface area contributed by atoms with Gasteiger partial charge in [-0.3, -0.25) is 4.79 Å². The number of fused-ring (bicyclic) bond motifs is 8. The molecule has 4 aliphatic rings. The number of carbonyl (C=O) groups is 1. The van der Waals surface area contributed by atoms with Gasteiger partial charge in [0, 0.05) is 57.4 Å². The van der Waals surface area contributed by atoms with E-state index < -0.39 is 12.1 Å². The quantitative estimate of drug-likeness (QED) is 0.180. The Morgan fingerprint density at radius 2 is 1.74 bits per heavy atom. The Labute approximate surface area is 269 Å². The molecular weight excluding hydrogens is 580 g/mol. The zero-order chi connectivity index (χ0) is 33.2. The van der Waals surface area contributed by atoms with Crippen LogP contribution in [0.5, 0.6) is 0 Å². The summed E-state index contributed by atoms with van der Waals surface area (Å²) >= 11 is 0. The van der Waals surface area contributed by atoms with E-state index in [0.29, 0.717) is 42.1 Å². The Hall–Kier alpha value is -4.21. The van der Waals surface area contributed by atoms with Crippen LogP contribution in [0.15, 0.2) is 12.1 Å². The van der Waals surface area contributed by atoms with Gasteiger partial charge in [0.1, 0.15) is 5.76 Å². The number of aryl methyl sites for hydroxylation is 1. The zero-order valence-electron chi connectivity index (χ0n) is 27.7. The molecule has 9 nitrogen and oxygen atoms in total. The Morgan fingerprint density at radius 3 is 2.37 bits per heavy atom. The van der Waals surface area contributed by atoms with Crippen LogP contribution in [0.2, 0.25) is 0 Å². The molecule has 0 aromatic carbocycles. The van der Waals surface area contributed by atoms with Crippen LogP contribution in [0, 0.1) is 12.8 Å². The number of aromatic nitrogens is 4. The topological polar surface area (TPSA) is 155 Å². The van der Waals surface area contributed by atoms with Crippen molar-refractivity contribution in [3.8, 4) is 0 Å². The van der Waals surface area contributed by atoms with Crippen molar-refractivity contribution in [2.24, 2.45) is 5.92 Å². The molecule has 2 aromatic heterocycles. The number of nitrogens with one attached hydrogen (secondary N) is 2. The third-order valence-corrected chi connectivity index (χ3v) is 9.95. The highest BCUT2D eigenvalue weighted by Crippen LogP contribution is 2.47. The number of allylic oxidation sites excluding steroid dienone is 2. The van der Waals surface area contributed by atoms with E-state index in [1.165, 1.54) is 0 Å². The van der Waals surface area contributed by atoms with Crippen LogP contribution in [0.25, 0.3) is 45.2 Å². The number of aliphatic hydroxyl groups excluding tert-OH is 3. The molecule has 0 saturated heterocycles. The minimum absolute atomic E-state index is 0.0157. The van der Waals surface area contributed by atoms with E-state index in [4.69, 9.17) is 9.97 Å². The van der Waals surface area contributed by atoms with E-state index >= 15 is 0 Å². The van der Waals surface area contributed by atoms with Gasteiger partial charge in [-0.25, -0.2) is 9.97 Å². The molecule has 0 saturated carbocycles. The number of aliphatic hydroxyl groups is 3. The maximum absolute atomic E-state index is 11.7. The number of H-pyrrole nitrogens is 2. The summed E-state index contributed by atoms with van der Waals surface area (Å²) in [6.45, 7) is 14.0. The smallest absolute Gasteiger partial charge is 0.303 e. The zero-order valence-corrected chi connectivity index (χ0v) is 27.7. The first-order valence-corrected chi connectivity index (χ1v) is 16.3. The normalized spacial score (nSPS) is 18.9. The Balaban J connectivity index is 1.80. The molecule has 0 fully saturated rings. The van der Waals surface area contributed by atoms with Gasteiger partial charge in [0.25, 0.3) is 0 Å². The summed E-state index contributed by atoms with van der Waals surface area (Å²) in [6.07, 6.45) is 2.82. The fourth-order valence-corrected chi connectivity index (χ4v) is 7.81. The summed E-state index contributed by atoms with van der Waals surface area (Å²) in [5.41, 5.74) is 12.9. The molecule has 46 heavy (non-hydrogen) atoms. The van der Waals surface area contributed by atoms with Gasteiger partial charge in [-0.2, -0.15) is 0 Å². The Bertz CT molecular complexity index is 1940. The lowest BCUT2D eigenvalue weighted by molar-refractivity contribution is -0.137. The van der Waals surface area contributed by atoms with Crippen LogP contribution >= 0.6 is 0 Å². The molecular formula is C37H44N4O5. The van der Waals surface area contributed by atoms with E-state index in [-0.39, 0.29) is 30.6 Å². The van der Waals surface area contributed by atoms with Crippen molar-refractivity contribution in [2.45, 2.75) is 92.1 Å². The van der Waals surface area contributed by atoms with Gasteiger partial charge in [-0.05, 0) is 86.4 Å². The van der Waals surface area contributed by atoms with Gasteiger partial charge in [0.05, 0.1) is 41.0 Å². The number of carboxylic acids is 1. The molecule has 3 aliphatic heterocycles. The lowest BCUT2D eigenvalue weighted by atomic mass is 9.84. The van der Waals surface area contributed by atoms with E-state index in [9.17, 15) is 25.2 Å². The molecule has 0 radical (unpaired) electrons. The first-order valence-electron chi connectivity index (χ1n) is 16.3. The lowest BCUT2D eigenvalue weighted by Gasteiger charge is -2.17. The van der Waals surface area contributed by atoms with E-state index in [1.54, 1.807) is 13.0 Å². The molecule has 0 amide bonds. The molecule has 1 aliphatic carbocycles. The Morgan fingerprint density at radius 1 is 1.02 bits per heavy atom. The third kappa shape index (κ3) is 5.06. The average molecular weight is 625 g/mol. The van der Waals surface area contributed by atoms with Crippen molar-refractivity contribution in [1.82, 2.24) is 19.9 Å². The standard InChI is InChI=1S/C37H44N4O5/c1-8-21-26-13-27-23(11-16(2)3)25(15-42)28(38-27)14-29-32(20(7)43)18(5)35(40-29)19(6)34-17(4)22(9-10-31(45)46)36(41-34)24-12-30(44)33(21)37(24)39-26/h12-14,16-17,20,22,39,41-44H,8-11,15H2,1-7H3,(H,45,46)/t17-,20?,22-/m0/s1. The van der Waals surface area contributed by atoms with E-state index in [2.05, 4.69) is 37.7 Å². The number of aliphatic carboxylic acids is 1. The fraction of sp³-hybridized carbons (Fsp3) is 0.432. The van der Waals surface area contributed by atoms with Crippen LogP contribution in [0.3, 0.4) is 0 Å². The van der Waals surface area contributed by atoms with Gasteiger partial charge in [0.2, 0.25) is 0 Å². The maximum Gasteiger partial charge on any atom is 0.303 e. The molecule has 6 N–H and O–H groups in total. The first kappa shape index (κ1) is 31.8. The highest BCUT2D eigenvalue weighted by atomic mass is 16.4. The lowest BCUT2D eigenvalue weighted by Crippen LogP contribution is -2.07. The molecule has 9 heteroatoms. The largest absolute Gasteiger partial charge is 0.507 e. The third-order valence-electron chi connectivity index (χ3n) is 9.95. The summed E-state index contributed by atoms with van der Waals surface area (Å²) in [6, 6.07) is 3.89. The number of nitrogens with zero attached hydrogens (tertiary/aromatic N) is 2. The predicted octanol–water partition coefficient (Wildman–Crippen LogP) is 7.29. The molecule has 5 heterocycles. The van der Waals surface area contributed by atoms with Crippen molar-refractivity contribution in [3.63, 3.8) is 0 Å². The molecule has 6 rings (SSSR count). The van der Waals surface area contributed by atoms with Crippen molar-refractivity contribution >= 4 is 51.1 Å². The van der Waals surface area contributed by atoms with Gasteiger partial charge in [-0.15, -0.1) is 0 Å². The summed E-state index contributed by atoms with van der Waals surface area (Å²) < 4.78 is 0. The molecule has 242 valence electrons. The van der Waals surface area contributed by atoms with E-state index in [0.717, 1.165) is 72.8 Å². The van der Waals surface area contributed by atoms with Gasteiger partial charge >= 0.3 is 5.97 Å². The number of rotatable bonds is 8. The van der Waals surface area contributed by atoms with E-state index in [1.807, 2.05) is 26.0 Å². The highest BCUT2D eigenvalue weighted by molar-refractivity contribution is 6.02. The second kappa shape index (κ2) is 11.9. The molecule has 3 atom stereocenters.